The molecule has 2 unspecified atom stereocenters. The maximum atomic E-state index is 10.9. The van der Waals surface area contributed by atoms with E-state index in [1.165, 1.54) is 6.07 Å². The van der Waals surface area contributed by atoms with Gasteiger partial charge in [0.2, 0.25) is 0 Å². The van der Waals surface area contributed by atoms with Crippen LogP contribution in [0.1, 0.15) is 24.9 Å². The SMILES string of the molecule is CCCN1CCOC(CN)C1c1cccc([N+](=O)[O-])c1. The van der Waals surface area contributed by atoms with Gasteiger partial charge >= 0.3 is 0 Å². The lowest BCUT2D eigenvalue weighted by atomic mass is 9.97. The minimum Gasteiger partial charge on any atom is -0.374 e. The number of nitro groups is 1. The standard InChI is InChI=1S/C14H21N3O3/c1-2-6-16-7-8-20-13(10-15)14(16)11-4-3-5-12(9-11)17(18)19/h3-5,9,13-14H,2,6-8,10,15H2,1H3. The molecular formula is C14H21N3O3. The molecular weight excluding hydrogens is 258 g/mol. The fraction of sp³-hybridized carbons (Fsp3) is 0.571. The third-order valence-corrected chi connectivity index (χ3v) is 3.62. The van der Waals surface area contributed by atoms with Crippen LogP contribution in [0, 0.1) is 10.1 Å². The number of hydrogen-bond donors (Lipinski definition) is 1. The van der Waals surface area contributed by atoms with Crippen LogP contribution in [-0.2, 0) is 4.74 Å². The molecule has 0 radical (unpaired) electrons. The van der Waals surface area contributed by atoms with Gasteiger partial charge in [0.15, 0.2) is 0 Å². The minimum atomic E-state index is -0.366. The van der Waals surface area contributed by atoms with Gasteiger partial charge in [-0.2, -0.15) is 0 Å². The van der Waals surface area contributed by atoms with Crippen molar-refractivity contribution in [1.82, 2.24) is 4.90 Å². The Hall–Kier alpha value is -1.50. The molecule has 1 aromatic rings. The van der Waals surface area contributed by atoms with Crippen molar-refractivity contribution in [3.05, 3.63) is 39.9 Å². The number of benzene rings is 1. The van der Waals surface area contributed by atoms with Gasteiger partial charge in [0.25, 0.3) is 5.69 Å². The number of morpholine rings is 1. The Morgan fingerprint density at radius 3 is 3.00 bits per heavy atom. The molecule has 0 amide bonds. The summed E-state index contributed by atoms with van der Waals surface area (Å²) >= 11 is 0. The van der Waals surface area contributed by atoms with Crippen LogP contribution in [0.25, 0.3) is 0 Å². The number of ether oxygens (including phenoxy) is 1. The zero-order valence-electron chi connectivity index (χ0n) is 11.7. The third kappa shape index (κ3) is 3.15. The van der Waals surface area contributed by atoms with Crippen molar-refractivity contribution in [2.45, 2.75) is 25.5 Å². The van der Waals surface area contributed by atoms with E-state index >= 15 is 0 Å². The lowest BCUT2D eigenvalue weighted by Gasteiger charge is -2.41. The zero-order valence-corrected chi connectivity index (χ0v) is 11.7. The predicted octanol–water partition coefficient (Wildman–Crippen LogP) is 1.71. The van der Waals surface area contributed by atoms with Crippen LogP contribution < -0.4 is 5.73 Å². The van der Waals surface area contributed by atoms with Crippen molar-refractivity contribution in [1.29, 1.82) is 0 Å². The Kier molecular flexibility index (Phi) is 5.05. The Labute approximate surface area is 118 Å². The number of non-ortho nitro benzene ring substituents is 1. The molecule has 0 aliphatic carbocycles. The first-order chi connectivity index (χ1) is 9.67. The van der Waals surface area contributed by atoms with Crippen molar-refractivity contribution in [2.75, 3.05) is 26.2 Å². The van der Waals surface area contributed by atoms with Crippen LogP contribution in [0.4, 0.5) is 5.69 Å². The van der Waals surface area contributed by atoms with Crippen LogP contribution in [0.3, 0.4) is 0 Å². The smallest absolute Gasteiger partial charge is 0.269 e. The first kappa shape index (κ1) is 14.9. The Balaban J connectivity index is 2.32. The van der Waals surface area contributed by atoms with Gasteiger partial charge in [0, 0.05) is 25.2 Å². The van der Waals surface area contributed by atoms with Gasteiger partial charge in [-0.3, -0.25) is 15.0 Å². The van der Waals surface area contributed by atoms with Gasteiger partial charge in [-0.05, 0) is 18.5 Å². The quantitative estimate of drug-likeness (QED) is 0.655. The van der Waals surface area contributed by atoms with Gasteiger partial charge in [0.1, 0.15) is 0 Å². The van der Waals surface area contributed by atoms with E-state index in [0.29, 0.717) is 13.2 Å². The van der Waals surface area contributed by atoms with E-state index in [1.54, 1.807) is 12.1 Å². The Morgan fingerprint density at radius 2 is 2.35 bits per heavy atom. The van der Waals surface area contributed by atoms with E-state index in [9.17, 15) is 10.1 Å². The molecule has 0 saturated carbocycles. The van der Waals surface area contributed by atoms with Gasteiger partial charge in [-0.15, -0.1) is 0 Å². The van der Waals surface area contributed by atoms with Crippen LogP contribution in [0.2, 0.25) is 0 Å². The highest BCUT2D eigenvalue weighted by atomic mass is 16.6. The Bertz CT molecular complexity index is 465. The molecule has 2 N–H and O–H groups in total. The molecule has 1 aromatic carbocycles. The van der Waals surface area contributed by atoms with E-state index < -0.39 is 0 Å². The monoisotopic (exact) mass is 279 g/mol. The van der Waals surface area contributed by atoms with E-state index in [2.05, 4.69) is 11.8 Å². The van der Waals surface area contributed by atoms with Gasteiger partial charge in [-0.25, -0.2) is 0 Å². The summed E-state index contributed by atoms with van der Waals surface area (Å²) < 4.78 is 5.73. The normalized spacial score (nSPS) is 23.7. The van der Waals surface area contributed by atoms with Crippen molar-refractivity contribution < 1.29 is 9.66 Å². The third-order valence-electron chi connectivity index (χ3n) is 3.62. The summed E-state index contributed by atoms with van der Waals surface area (Å²) in [6, 6.07) is 6.77. The second-order valence-electron chi connectivity index (χ2n) is 4.98. The molecule has 20 heavy (non-hydrogen) atoms. The predicted molar refractivity (Wildman–Crippen MR) is 76.5 cm³/mol. The second-order valence-corrected chi connectivity index (χ2v) is 4.98. The van der Waals surface area contributed by atoms with Crippen LogP contribution in [0.5, 0.6) is 0 Å². The molecule has 2 atom stereocenters. The molecule has 6 heteroatoms. The first-order valence-corrected chi connectivity index (χ1v) is 6.97. The molecule has 1 fully saturated rings. The number of nitrogens with zero attached hydrogens (tertiary/aromatic N) is 2. The average molecular weight is 279 g/mol. The average Bonchev–Trinajstić information content (AvgIpc) is 2.47. The van der Waals surface area contributed by atoms with Crippen molar-refractivity contribution >= 4 is 5.69 Å². The topological polar surface area (TPSA) is 81.6 Å². The summed E-state index contributed by atoms with van der Waals surface area (Å²) in [6.07, 6.45) is 0.917. The highest BCUT2D eigenvalue weighted by molar-refractivity contribution is 5.36. The summed E-state index contributed by atoms with van der Waals surface area (Å²) in [5, 5.41) is 10.9. The maximum absolute atomic E-state index is 10.9. The fourth-order valence-electron chi connectivity index (χ4n) is 2.77. The highest BCUT2D eigenvalue weighted by Crippen LogP contribution is 2.31. The number of rotatable bonds is 5. The van der Waals surface area contributed by atoms with Gasteiger partial charge in [-0.1, -0.05) is 19.1 Å². The molecule has 1 aliphatic rings. The second kappa shape index (κ2) is 6.78. The largest absolute Gasteiger partial charge is 0.374 e. The summed E-state index contributed by atoms with van der Waals surface area (Å²) in [7, 11) is 0. The van der Waals surface area contributed by atoms with E-state index in [-0.39, 0.29) is 22.8 Å². The lowest BCUT2D eigenvalue weighted by Crippen LogP contribution is -2.48. The zero-order chi connectivity index (χ0) is 14.5. The first-order valence-electron chi connectivity index (χ1n) is 6.97. The molecule has 1 aliphatic heterocycles. The van der Waals surface area contributed by atoms with E-state index in [1.807, 2.05) is 6.07 Å². The van der Waals surface area contributed by atoms with Crippen LogP contribution in [0.15, 0.2) is 24.3 Å². The molecule has 6 nitrogen and oxygen atoms in total. The summed E-state index contributed by atoms with van der Waals surface area (Å²) in [4.78, 5) is 12.9. The van der Waals surface area contributed by atoms with Crippen molar-refractivity contribution in [3.8, 4) is 0 Å². The van der Waals surface area contributed by atoms with Gasteiger partial charge in [0.05, 0.1) is 23.7 Å². The maximum Gasteiger partial charge on any atom is 0.269 e. The molecule has 1 saturated heterocycles. The van der Waals surface area contributed by atoms with Crippen molar-refractivity contribution in [3.63, 3.8) is 0 Å². The molecule has 110 valence electrons. The molecule has 1 heterocycles. The molecule has 2 rings (SSSR count). The molecule has 0 spiro atoms. The summed E-state index contributed by atoms with van der Waals surface area (Å²) in [5.74, 6) is 0. The minimum absolute atomic E-state index is 0.00593. The van der Waals surface area contributed by atoms with Gasteiger partial charge < -0.3 is 10.5 Å². The number of nitro benzene ring substituents is 1. The number of hydrogen-bond acceptors (Lipinski definition) is 5. The molecule has 0 aromatic heterocycles. The highest BCUT2D eigenvalue weighted by Gasteiger charge is 2.32. The number of nitrogens with two attached hydrogens (primary N) is 1. The van der Waals surface area contributed by atoms with E-state index in [4.69, 9.17) is 10.5 Å². The Morgan fingerprint density at radius 1 is 1.55 bits per heavy atom. The fourth-order valence-corrected chi connectivity index (χ4v) is 2.77. The van der Waals surface area contributed by atoms with E-state index in [0.717, 1.165) is 25.1 Å². The van der Waals surface area contributed by atoms with Crippen molar-refractivity contribution in [2.24, 2.45) is 5.73 Å². The van der Waals surface area contributed by atoms with Crippen LogP contribution in [-0.4, -0.2) is 42.2 Å². The summed E-state index contributed by atoms with van der Waals surface area (Å²) in [5.41, 5.74) is 6.82. The lowest BCUT2D eigenvalue weighted by molar-refractivity contribution is -0.385. The summed E-state index contributed by atoms with van der Waals surface area (Å²) in [6.45, 7) is 4.96. The van der Waals surface area contributed by atoms with Crippen LogP contribution >= 0.6 is 0 Å². The molecule has 0 bridgehead atoms.